The zero-order valence-corrected chi connectivity index (χ0v) is 9.80. The van der Waals surface area contributed by atoms with Crippen molar-refractivity contribution in [2.75, 3.05) is 13.7 Å². The molecule has 2 aromatic rings. The largest absolute Gasteiger partial charge is 0.476 e. The van der Waals surface area contributed by atoms with Crippen LogP contribution in [0.1, 0.15) is 21.9 Å². The lowest BCUT2D eigenvalue weighted by Crippen LogP contribution is -2.00. The summed E-state index contributed by atoms with van der Waals surface area (Å²) in [7, 11) is 1.61. The molecular formula is C12H14N2O3. The highest BCUT2D eigenvalue weighted by molar-refractivity contribution is 5.93. The molecule has 90 valence electrons. The second kappa shape index (κ2) is 4.55. The smallest absolute Gasteiger partial charge is 0.356 e. The van der Waals surface area contributed by atoms with Crippen molar-refractivity contribution >= 4 is 11.5 Å². The van der Waals surface area contributed by atoms with Crippen molar-refractivity contribution in [2.24, 2.45) is 0 Å². The molecule has 0 amide bonds. The van der Waals surface area contributed by atoms with Crippen molar-refractivity contribution in [2.45, 2.75) is 13.3 Å². The number of carboxylic acids is 1. The molecule has 0 fully saturated rings. The van der Waals surface area contributed by atoms with E-state index in [0.717, 1.165) is 5.56 Å². The molecule has 5 nitrogen and oxygen atoms in total. The van der Waals surface area contributed by atoms with E-state index in [1.807, 2.05) is 23.6 Å². The van der Waals surface area contributed by atoms with E-state index in [1.165, 1.54) is 0 Å². The first-order valence-corrected chi connectivity index (χ1v) is 5.33. The monoisotopic (exact) mass is 234 g/mol. The highest BCUT2D eigenvalue weighted by Crippen LogP contribution is 2.15. The Labute approximate surface area is 98.7 Å². The van der Waals surface area contributed by atoms with Gasteiger partial charge in [0.05, 0.1) is 12.1 Å². The Morgan fingerprint density at radius 3 is 2.94 bits per heavy atom. The molecular weight excluding hydrogens is 220 g/mol. The quantitative estimate of drug-likeness (QED) is 0.871. The van der Waals surface area contributed by atoms with E-state index < -0.39 is 5.97 Å². The fourth-order valence-corrected chi connectivity index (χ4v) is 1.78. The highest BCUT2D eigenvalue weighted by Gasteiger charge is 2.16. The van der Waals surface area contributed by atoms with E-state index in [2.05, 4.69) is 4.98 Å². The summed E-state index contributed by atoms with van der Waals surface area (Å²) in [6.45, 7) is 2.48. The van der Waals surface area contributed by atoms with Crippen molar-refractivity contribution in [1.29, 1.82) is 0 Å². The summed E-state index contributed by atoms with van der Waals surface area (Å²) in [6.07, 6.45) is 2.48. The lowest BCUT2D eigenvalue weighted by Gasteiger charge is -2.01. The molecule has 0 aliphatic rings. The topological polar surface area (TPSA) is 63.8 Å². The first-order chi connectivity index (χ1) is 8.13. The molecule has 1 N–H and O–H groups in total. The van der Waals surface area contributed by atoms with Crippen molar-refractivity contribution in [1.82, 2.24) is 9.38 Å². The van der Waals surface area contributed by atoms with Crippen molar-refractivity contribution in [3.05, 3.63) is 35.4 Å². The fourth-order valence-electron chi connectivity index (χ4n) is 1.78. The number of methoxy groups -OCH3 is 1. The molecule has 2 heterocycles. The Morgan fingerprint density at radius 1 is 1.53 bits per heavy atom. The molecule has 2 rings (SSSR count). The van der Waals surface area contributed by atoms with Gasteiger partial charge >= 0.3 is 5.97 Å². The molecule has 17 heavy (non-hydrogen) atoms. The molecule has 0 atom stereocenters. The van der Waals surface area contributed by atoms with Gasteiger partial charge in [-0.15, -0.1) is 0 Å². The maximum Gasteiger partial charge on any atom is 0.356 e. The summed E-state index contributed by atoms with van der Waals surface area (Å²) in [4.78, 5) is 15.2. The van der Waals surface area contributed by atoms with Gasteiger partial charge in [-0.05, 0) is 18.6 Å². The van der Waals surface area contributed by atoms with Crippen LogP contribution in [0.2, 0.25) is 0 Å². The minimum absolute atomic E-state index is 0.0936. The summed E-state index contributed by atoms with van der Waals surface area (Å²) in [6, 6.07) is 3.66. The number of aromatic nitrogens is 2. The van der Waals surface area contributed by atoms with E-state index in [-0.39, 0.29) is 5.69 Å². The van der Waals surface area contributed by atoms with Crippen LogP contribution in [-0.4, -0.2) is 34.2 Å². The fraction of sp³-hybridized carbons (Fsp3) is 0.333. The van der Waals surface area contributed by atoms with Crippen LogP contribution in [0.4, 0.5) is 0 Å². The maximum atomic E-state index is 11.1. The molecule has 0 saturated heterocycles. The molecule has 0 unspecified atom stereocenters. The van der Waals surface area contributed by atoms with Gasteiger partial charge in [0.25, 0.3) is 0 Å². The minimum atomic E-state index is -1.00. The summed E-state index contributed by atoms with van der Waals surface area (Å²) in [5.74, 6) is -0.294. The average Bonchev–Trinajstić information content (AvgIpc) is 2.64. The number of carboxylic acid groups (broad SMARTS) is 1. The van der Waals surface area contributed by atoms with Crippen LogP contribution in [0.25, 0.3) is 5.52 Å². The Bertz CT molecular complexity index is 560. The Hall–Kier alpha value is -1.88. The summed E-state index contributed by atoms with van der Waals surface area (Å²) >= 11 is 0. The number of ether oxygens (including phenoxy) is 1. The third-order valence-electron chi connectivity index (χ3n) is 2.59. The second-order valence-electron chi connectivity index (χ2n) is 3.89. The molecule has 0 saturated carbocycles. The number of aromatic carboxylic acids is 1. The molecule has 0 aromatic carbocycles. The van der Waals surface area contributed by atoms with E-state index >= 15 is 0 Å². The van der Waals surface area contributed by atoms with Crippen molar-refractivity contribution < 1.29 is 14.6 Å². The van der Waals surface area contributed by atoms with E-state index in [4.69, 9.17) is 9.84 Å². The number of nitrogens with zero attached hydrogens (tertiary/aromatic N) is 2. The molecule has 5 heteroatoms. The number of carbonyl (C=O) groups is 1. The number of imidazole rings is 1. The van der Waals surface area contributed by atoms with Crippen molar-refractivity contribution in [3.63, 3.8) is 0 Å². The number of fused-ring (bicyclic) bond motifs is 1. The van der Waals surface area contributed by atoms with E-state index in [0.29, 0.717) is 24.4 Å². The summed E-state index contributed by atoms with van der Waals surface area (Å²) < 4.78 is 6.81. The molecule has 0 aliphatic heterocycles. The molecule has 0 aliphatic carbocycles. The Kier molecular flexibility index (Phi) is 3.10. The van der Waals surface area contributed by atoms with Gasteiger partial charge in [0.15, 0.2) is 5.69 Å². The van der Waals surface area contributed by atoms with Crippen LogP contribution < -0.4 is 0 Å². The van der Waals surface area contributed by atoms with Gasteiger partial charge in [0.1, 0.15) is 5.82 Å². The number of hydrogen-bond donors (Lipinski definition) is 1. The van der Waals surface area contributed by atoms with Gasteiger partial charge in [0.2, 0.25) is 0 Å². The normalized spacial score (nSPS) is 10.9. The number of pyridine rings is 1. The minimum Gasteiger partial charge on any atom is -0.476 e. The number of hydrogen-bond acceptors (Lipinski definition) is 3. The van der Waals surface area contributed by atoms with E-state index in [1.54, 1.807) is 13.2 Å². The lowest BCUT2D eigenvalue weighted by atomic mass is 10.2. The van der Waals surface area contributed by atoms with Crippen LogP contribution in [0, 0.1) is 6.92 Å². The van der Waals surface area contributed by atoms with Crippen LogP contribution in [0.15, 0.2) is 18.3 Å². The van der Waals surface area contributed by atoms with Gasteiger partial charge in [-0.3, -0.25) is 0 Å². The SMILES string of the molecule is COCCc1nc(C(=O)O)c2ccc(C)cn12. The molecule has 2 aromatic heterocycles. The summed E-state index contributed by atoms with van der Waals surface area (Å²) in [5, 5.41) is 9.08. The van der Waals surface area contributed by atoms with Gasteiger partial charge in [-0.2, -0.15) is 0 Å². The third kappa shape index (κ3) is 2.14. The zero-order chi connectivity index (χ0) is 12.4. The predicted molar refractivity (Wildman–Crippen MR) is 62.5 cm³/mol. The van der Waals surface area contributed by atoms with Crippen molar-refractivity contribution in [3.8, 4) is 0 Å². The molecule has 0 bridgehead atoms. The number of rotatable bonds is 4. The van der Waals surface area contributed by atoms with Crippen LogP contribution in [0.3, 0.4) is 0 Å². The standard InChI is InChI=1S/C12H14N2O3/c1-8-3-4-9-11(12(15)16)13-10(5-6-17-2)14(9)7-8/h3-4,7H,5-6H2,1-2H3,(H,15,16). The Balaban J connectivity index is 2.58. The second-order valence-corrected chi connectivity index (χ2v) is 3.89. The molecule has 0 radical (unpaired) electrons. The van der Waals surface area contributed by atoms with Gasteiger partial charge in [0, 0.05) is 19.7 Å². The third-order valence-corrected chi connectivity index (χ3v) is 2.59. The first kappa shape index (κ1) is 11.6. The predicted octanol–water partition coefficient (Wildman–Crippen LogP) is 1.53. The zero-order valence-electron chi connectivity index (χ0n) is 9.80. The Morgan fingerprint density at radius 2 is 2.29 bits per heavy atom. The number of aryl methyl sites for hydroxylation is 1. The van der Waals surface area contributed by atoms with E-state index in [9.17, 15) is 4.79 Å². The van der Waals surface area contributed by atoms with Crippen LogP contribution in [0.5, 0.6) is 0 Å². The van der Waals surface area contributed by atoms with Crippen LogP contribution in [-0.2, 0) is 11.2 Å². The van der Waals surface area contributed by atoms with Gasteiger partial charge in [-0.1, -0.05) is 6.07 Å². The highest BCUT2D eigenvalue weighted by atomic mass is 16.5. The molecule has 0 spiro atoms. The lowest BCUT2D eigenvalue weighted by molar-refractivity contribution is 0.0693. The maximum absolute atomic E-state index is 11.1. The average molecular weight is 234 g/mol. The first-order valence-electron chi connectivity index (χ1n) is 5.33. The van der Waals surface area contributed by atoms with Gasteiger partial charge in [-0.25, -0.2) is 9.78 Å². The van der Waals surface area contributed by atoms with Crippen LogP contribution >= 0.6 is 0 Å². The van der Waals surface area contributed by atoms with Gasteiger partial charge < -0.3 is 14.2 Å². The summed E-state index contributed by atoms with van der Waals surface area (Å²) in [5.41, 5.74) is 1.77.